The van der Waals surface area contributed by atoms with Gasteiger partial charge in [-0.2, -0.15) is 0 Å². The summed E-state index contributed by atoms with van der Waals surface area (Å²) in [7, 11) is 0. The zero-order valence-electron chi connectivity index (χ0n) is 10.9. The summed E-state index contributed by atoms with van der Waals surface area (Å²) in [6.45, 7) is 4.33. The molecular weight excluding hydrogens is 266 g/mol. The Morgan fingerprint density at radius 1 is 1.37 bits per heavy atom. The van der Waals surface area contributed by atoms with Gasteiger partial charge in [-0.1, -0.05) is 19.1 Å². The first-order chi connectivity index (χ1) is 9.11. The third-order valence-electron chi connectivity index (χ3n) is 2.92. The van der Waals surface area contributed by atoms with Gasteiger partial charge in [0.15, 0.2) is 11.6 Å². The Morgan fingerprint density at radius 3 is 2.84 bits per heavy atom. The zero-order valence-corrected chi connectivity index (χ0v) is 11.7. The number of hydrogen-bond acceptors (Lipinski definition) is 3. The van der Waals surface area contributed by atoms with Gasteiger partial charge in [-0.05, 0) is 19.4 Å². The fourth-order valence-corrected chi connectivity index (χ4v) is 2.61. The molecule has 1 atom stereocenters. The van der Waals surface area contributed by atoms with Crippen LogP contribution >= 0.6 is 11.3 Å². The number of thiazole rings is 1. The molecule has 1 aromatic heterocycles. The molecule has 2 nitrogen and oxygen atoms in total. The molecular formula is C14H16F2N2S. The number of nitrogens with one attached hydrogen (secondary N) is 1. The minimum atomic E-state index is -0.811. The third-order valence-corrected chi connectivity index (χ3v) is 4.24. The molecule has 0 amide bonds. The number of hydrogen-bond donors (Lipinski definition) is 1. The molecule has 1 heterocycles. The monoisotopic (exact) mass is 282 g/mol. The van der Waals surface area contributed by atoms with E-state index in [0.29, 0.717) is 5.56 Å². The van der Waals surface area contributed by atoms with Crippen molar-refractivity contribution in [3.05, 3.63) is 51.5 Å². The van der Waals surface area contributed by atoms with E-state index in [4.69, 9.17) is 0 Å². The third kappa shape index (κ3) is 3.36. The fraction of sp³-hybridized carbons (Fsp3) is 0.357. The molecule has 0 bridgehead atoms. The quantitative estimate of drug-likeness (QED) is 0.901. The lowest BCUT2D eigenvalue weighted by Gasteiger charge is -2.11. The van der Waals surface area contributed by atoms with Crippen LogP contribution in [0.5, 0.6) is 0 Å². The first-order valence-corrected chi connectivity index (χ1v) is 7.04. The summed E-state index contributed by atoms with van der Waals surface area (Å²) in [5.41, 5.74) is 0.333. The highest BCUT2D eigenvalue weighted by Crippen LogP contribution is 2.21. The SMILES string of the molecule is CCc1cnc(C(C)NCc2cccc(F)c2F)s1. The highest BCUT2D eigenvalue weighted by molar-refractivity contribution is 7.11. The average Bonchev–Trinajstić information content (AvgIpc) is 2.89. The van der Waals surface area contributed by atoms with Crippen LogP contribution < -0.4 is 5.32 Å². The van der Waals surface area contributed by atoms with Crippen molar-refractivity contribution in [1.29, 1.82) is 0 Å². The second-order valence-corrected chi connectivity index (χ2v) is 5.48. The van der Waals surface area contributed by atoms with Crippen LogP contribution in [0.3, 0.4) is 0 Å². The molecule has 0 radical (unpaired) electrons. The molecule has 102 valence electrons. The van der Waals surface area contributed by atoms with Crippen LogP contribution in [0.4, 0.5) is 8.78 Å². The maximum Gasteiger partial charge on any atom is 0.163 e. The predicted molar refractivity (Wildman–Crippen MR) is 73.1 cm³/mol. The van der Waals surface area contributed by atoms with E-state index in [9.17, 15) is 8.78 Å². The van der Waals surface area contributed by atoms with E-state index in [1.807, 2.05) is 13.1 Å². The molecule has 2 aromatic rings. The van der Waals surface area contributed by atoms with Crippen LogP contribution in [0.25, 0.3) is 0 Å². The lowest BCUT2D eigenvalue weighted by Crippen LogP contribution is -2.18. The lowest BCUT2D eigenvalue weighted by atomic mass is 10.2. The van der Waals surface area contributed by atoms with E-state index in [-0.39, 0.29) is 12.6 Å². The molecule has 1 aromatic carbocycles. The van der Waals surface area contributed by atoms with Gasteiger partial charge in [0.1, 0.15) is 5.01 Å². The molecule has 1 N–H and O–H groups in total. The van der Waals surface area contributed by atoms with Crippen LogP contribution in [0.2, 0.25) is 0 Å². The van der Waals surface area contributed by atoms with Gasteiger partial charge in [0.2, 0.25) is 0 Å². The summed E-state index contributed by atoms with van der Waals surface area (Å²) in [6.07, 6.45) is 2.82. The molecule has 0 saturated carbocycles. The number of rotatable bonds is 5. The summed E-state index contributed by atoms with van der Waals surface area (Å²) < 4.78 is 26.5. The van der Waals surface area contributed by atoms with Crippen molar-refractivity contribution >= 4 is 11.3 Å². The first kappa shape index (κ1) is 14.1. The lowest BCUT2D eigenvalue weighted by molar-refractivity contribution is 0.484. The molecule has 5 heteroatoms. The normalized spacial score (nSPS) is 12.6. The Labute approximate surface area is 115 Å². The smallest absolute Gasteiger partial charge is 0.163 e. The van der Waals surface area contributed by atoms with Gasteiger partial charge in [0.05, 0.1) is 6.04 Å². The highest BCUT2D eigenvalue weighted by Gasteiger charge is 2.12. The molecule has 0 fully saturated rings. The van der Waals surface area contributed by atoms with Gasteiger partial charge < -0.3 is 5.32 Å². The number of nitrogens with zero attached hydrogens (tertiary/aromatic N) is 1. The summed E-state index contributed by atoms with van der Waals surface area (Å²) in [5, 5.41) is 4.13. The minimum Gasteiger partial charge on any atom is -0.304 e. The van der Waals surface area contributed by atoms with E-state index in [1.54, 1.807) is 17.4 Å². The van der Waals surface area contributed by atoms with E-state index in [0.717, 1.165) is 17.5 Å². The van der Waals surface area contributed by atoms with E-state index >= 15 is 0 Å². The second-order valence-electron chi connectivity index (χ2n) is 4.33. The van der Waals surface area contributed by atoms with Crippen molar-refractivity contribution in [3.8, 4) is 0 Å². The van der Waals surface area contributed by atoms with Gasteiger partial charge in [-0.15, -0.1) is 11.3 Å². The van der Waals surface area contributed by atoms with Crippen molar-refractivity contribution in [2.24, 2.45) is 0 Å². The molecule has 0 aliphatic heterocycles. The van der Waals surface area contributed by atoms with Crippen LogP contribution in [0.15, 0.2) is 24.4 Å². The second kappa shape index (κ2) is 6.21. The average molecular weight is 282 g/mol. The molecule has 0 aliphatic carbocycles. The Balaban J connectivity index is 2.00. The van der Waals surface area contributed by atoms with Crippen molar-refractivity contribution in [1.82, 2.24) is 10.3 Å². The van der Waals surface area contributed by atoms with Crippen molar-refractivity contribution in [2.75, 3.05) is 0 Å². The summed E-state index contributed by atoms with van der Waals surface area (Å²) in [5.74, 6) is -1.59. The number of halogens is 2. The topological polar surface area (TPSA) is 24.9 Å². The molecule has 0 aliphatic rings. The summed E-state index contributed by atoms with van der Waals surface area (Å²) >= 11 is 1.64. The standard InChI is InChI=1S/C14H16F2N2S/c1-3-11-8-18-14(19-11)9(2)17-7-10-5-4-6-12(15)13(10)16/h4-6,8-9,17H,3,7H2,1-2H3. The maximum atomic E-state index is 13.5. The van der Waals surface area contributed by atoms with Gasteiger partial charge >= 0.3 is 0 Å². The fourth-order valence-electron chi connectivity index (χ4n) is 1.72. The van der Waals surface area contributed by atoms with Crippen LogP contribution in [0.1, 0.15) is 35.3 Å². The molecule has 2 rings (SSSR count). The van der Waals surface area contributed by atoms with Crippen molar-refractivity contribution in [2.45, 2.75) is 32.9 Å². The largest absolute Gasteiger partial charge is 0.304 e. The van der Waals surface area contributed by atoms with Crippen LogP contribution in [-0.2, 0) is 13.0 Å². The number of benzene rings is 1. The Hall–Kier alpha value is -1.33. The zero-order chi connectivity index (χ0) is 13.8. The Morgan fingerprint density at radius 2 is 2.16 bits per heavy atom. The van der Waals surface area contributed by atoms with E-state index < -0.39 is 11.6 Å². The van der Waals surface area contributed by atoms with Crippen molar-refractivity contribution in [3.63, 3.8) is 0 Å². The summed E-state index contributed by atoms with van der Waals surface area (Å²) in [6, 6.07) is 4.24. The Bertz CT molecular complexity index is 554. The molecule has 19 heavy (non-hydrogen) atoms. The van der Waals surface area contributed by atoms with Gasteiger partial charge in [-0.3, -0.25) is 0 Å². The first-order valence-electron chi connectivity index (χ1n) is 6.22. The molecule has 1 unspecified atom stereocenters. The maximum absolute atomic E-state index is 13.5. The van der Waals surface area contributed by atoms with Crippen LogP contribution in [0, 0.1) is 11.6 Å². The highest BCUT2D eigenvalue weighted by atomic mass is 32.1. The number of aromatic nitrogens is 1. The minimum absolute atomic E-state index is 0.0213. The van der Waals surface area contributed by atoms with Gasteiger partial charge in [0, 0.05) is 23.2 Å². The Kier molecular flexibility index (Phi) is 4.61. The molecule has 0 spiro atoms. The van der Waals surface area contributed by atoms with Gasteiger partial charge in [0.25, 0.3) is 0 Å². The van der Waals surface area contributed by atoms with Crippen molar-refractivity contribution < 1.29 is 8.78 Å². The van der Waals surface area contributed by atoms with Gasteiger partial charge in [-0.25, -0.2) is 13.8 Å². The van der Waals surface area contributed by atoms with E-state index in [1.165, 1.54) is 10.9 Å². The number of aryl methyl sites for hydroxylation is 1. The van der Waals surface area contributed by atoms with E-state index in [2.05, 4.69) is 17.2 Å². The van der Waals surface area contributed by atoms with Crippen LogP contribution in [-0.4, -0.2) is 4.98 Å². The summed E-state index contributed by atoms with van der Waals surface area (Å²) in [4.78, 5) is 5.55. The molecule has 0 saturated heterocycles. The predicted octanol–water partition coefficient (Wildman–Crippen LogP) is 3.83.